The van der Waals surface area contributed by atoms with Crippen LogP contribution in [-0.4, -0.2) is 0 Å². The van der Waals surface area contributed by atoms with Crippen LogP contribution < -0.4 is 0 Å². The molecule has 0 aliphatic heterocycles. The predicted molar refractivity (Wildman–Crippen MR) is 65.4 cm³/mol. The second kappa shape index (κ2) is 4.47. The lowest BCUT2D eigenvalue weighted by Gasteiger charge is -2.13. The third-order valence-electron chi connectivity index (χ3n) is 2.18. The number of halogens is 1. The molecule has 74 valence electrons. The molecule has 0 unspecified atom stereocenters. The quantitative estimate of drug-likeness (QED) is 0.640. The SMILES string of the molecule is C=C(C)c1cccc(CCl)c1C(=C)C. The Labute approximate surface area is 90.9 Å². The van der Waals surface area contributed by atoms with E-state index in [1.54, 1.807) is 0 Å². The molecule has 1 aromatic rings. The fourth-order valence-corrected chi connectivity index (χ4v) is 1.79. The standard InChI is InChI=1S/C13H15Cl/c1-9(2)12-7-5-6-11(8-14)13(12)10(3)4/h5-7H,1,3,8H2,2,4H3. The van der Waals surface area contributed by atoms with Gasteiger partial charge in [0.2, 0.25) is 0 Å². The molecule has 14 heavy (non-hydrogen) atoms. The minimum Gasteiger partial charge on any atom is -0.122 e. The van der Waals surface area contributed by atoms with Crippen molar-refractivity contribution in [2.45, 2.75) is 19.7 Å². The average molecular weight is 207 g/mol. The van der Waals surface area contributed by atoms with Gasteiger partial charge in [0.05, 0.1) is 0 Å². The van der Waals surface area contributed by atoms with Crippen molar-refractivity contribution in [1.29, 1.82) is 0 Å². The summed E-state index contributed by atoms with van der Waals surface area (Å²) < 4.78 is 0. The van der Waals surface area contributed by atoms with Crippen molar-refractivity contribution in [3.63, 3.8) is 0 Å². The van der Waals surface area contributed by atoms with E-state index in [1.165, 1.54) is 0 Å². The average Bonchev–Trinajstić information content (AvgIpc) is 2.16. The summed E-state index contributed by atoms with van der Waals surface area (Å²) in [5, 5.41) is 0. The second-order valence-corrected chi connectivity index (χ2v) is 3.80. The zero-order chi connectivity index (χ0) is 10.7. The Bertz CT molecular complexity index is 375. The Hall–Kier alpha value is -1.01. The molecule has 0 aliphatic rings. The van der Waals surface area contributed by atoms with E-state index >= 15 is 0 Å². The molecule has 0 fully saturated rings. The summed E-state index contributed by atoms with van der Waals surface area (Å²) in [6.07, 6.45) is 0. The van der Waals surface area contributed by atoms with E-state index in [0.29, 0.717) is 5.88 Å². The highest BCUT2D eigenvalue weighted by molar-refractivity contribution is 6.17. The topological polar surface area (TPSA) is 0 Å². The molecule has 0 heterocycles. The lowest BCUT2D eigenvalue weighted by Crippen LogP contribution is -1.94. The number of benzene rings is 1. The van der Waals surface area contributed by atoms with Gasteiger partial charge in [0.15, 0.2) is 0 Å². The highest BCUT2D eigenvalue weighted by Crippen LogP contribution is 2.27. The van der Waals surface area contributed by atoms with Crippen LogP contribution in [0.4, 0.5) is 0 Å². The Kier molecular flexibility index (Phi) is 3.54. The summed E-state index contributed by atoms with van der Waals surface area (Å²) >= 11 is 5.88. The normalized spacial score (nSPS) is 9.93. The number of alkyl halides is 1. The third kappa shape index (κ3) is 2.08. The smallest absolute Gasteiger partial charge is 0.0480 e. The zero-order valence-corrected chi connectivity index (χ0v) is 9.49. The summed E-state index contributed by atoms with van der Waals surface area (Å²) in [5.74, 6) is 0.517. The Balaban J connectivity index is 3.43. The molecule has 0 aromatic heterocycles. The van der Waals surface area contributed by atoms with E-state index in [4.69, 9.17) is 11.6 Å². The van der Waals surface area contributed by atoms with E-state index in [2.05, 4.69) is 19.2 Å². The molecule has 1 aromatic carbocycles. The van der Waals surface area contributed by atoms with Gasteiger partial charge in [-0.15, -0.1) is 11.6 Å². The van der Waals surface area contributed by atoms with Gasteiger partial charge in [0.1, 0.15) is 0 Å². The van der Waals surface area contributed by atoms with Gasteiger partial charge in [-0.3, -0.25) is 0 Å². The van der Waals surface area contributed by atoms with Gasteiger partial charge in [-0.2, -0.15) is 0 Å². The van der Waals surface area contributed by atoms with Gasteiger partial charge in [0.25, 0.3) is 0 Å². The van der Waals surface area contributed by atoms with Crippen LogP contribution in [0.2, 0.25) is 0 Å². The molecule has 0 bridgehead atoms. The maximum atomic E-state index is 5.88. The van der Waals surface area contributed by atoms with E-state index in [0.717, 1.165) is 27.8 Å². The van der Waals surface area contributed by atoms with Crippen molar-refractivity contribution >= 4 is 22.7 Å². The van der Waals surface area contributed by atoms with Gasteiger partial charge in [0, 0.05) is 5.88 Å². The first-order chi connectivity index (χ1) is 6.57. The van der Waals surface area contributed by atoms with Crippen LogP contribution in [0.15, 0.2) is 31.4 Å². The highest BCUT2D eigenvalue weighted by atomic mass is 35.5. The zero-order valence-electron chi connectivity index (χ0n) is 8.73. The van der Waals surface area contributed by atoms with Crippen LogP contribution in [0.5, 0.6) is 0 Å². The van der Waals surface area contributed by atoms with E-state index < -0.39 is 0 Å². The molecule has 0 aliphatic carbocycles. The molecule has 0 amide bonds. The summed E-state index contributed by atoms with van der Waals surface area (Å²) in [5.41, 5.74) is 5.51. The molecule has 0 radical (unpaired) electrons. The predicted octanol–water partition coefficient (Wildman–Crippen LogP) is 4.49. The Morgan fingerprint density at radius 3 is 2.29 bits per heavy atom. The summed E-state index contributed by atoms with van der Waals surface area (Å²) in [6, 6.07) is 6.10. The van der Waals surface area contributed by atoms with Gasteiger partial charge in [-0.25, -0.2) is 0 Å². The van der Waals surface area contributed by atoms with Gasteiger partial charge >= 0.3 is 0 Å². The first-order valence-corrected chi connectivity index (χ1v) is 5.11. The highest BCUT2D eigenvalue weighted by Gasteiger charge is 2.08. The molecule has 0 atom stereocenters. The molecule has 0 N–H and O–H groups in total. The second-order valence-electron chi connectivity index (χ2n) is 3.53. The Morgan fingerprint density at radius 2 is 1.86 bits per heavy atom. The van der Waals surface area contributed by atoms with Crippen molar-refractivity contribution in [2.75, 3.05) is 0 Å². The van der Waals surface area contributed by atoms with E-state index in [9.17, 15) is 0 Å². The molecule has 0 nitrogen and oxygen atoms in total. The largest absolute Gasteiger partial charge is 0.122 e. The minimum absolute atomic E-state index is 0.517. The maximum absolute atomic E-state index is 5.88. The van der Waals surface area contributed by atoms with Crippen LogP contribution in [0.3, 0.4) is 0 Å². The van der Waals surface area contributed by atoms with E-state index in [1.807, 2.05) is 26.0 Å². The van der Waals surface area contributed by atoms with Crippen LogP contribution in [0, 0.1) is 0 Å². The number of allylic oxidation sites excluding steroid dienone is 2. The third-order valence-corrected chi connectivity index (χ3v) is 2.47. The summed E-state index contributed by atoms with van der Waals surface area (Å²) in [7, 11) is 0. The molecule has 0 saturated heterocycles. The first kappa shape index (κ1) is 11.1. The van der Waals surface area contributed by atoms with Crippen LogP contribution in [0.25, 0.3) is 11.1 Å². The molecule has 1 rings (SSSR count). The van der Waals surface area contributed by atoms with Gasteiger partial charge < -0.3 is 0 Å². The fraction of sp³-hybridized carbons (Fsp3) is 0.231. The number of hydrogen-bond acceptors (Lipinski definition) is 0. The fourth-order valence-electron chi connectivity index (χ4n) is 1.57. The van der Waals surface area contributed by atoms with Gasteiger partial charge in [-0.1, -0.05) is 42.5 Å². The van der Waals surface area contributed by atoms with Crippen LogP contribution in [-0.2, 0) is 5.88 Å². The monoisotopic (exact) mass is 206 g/mol. The molecule has 0 spiro atoms. The van der Waals surface area contributed by atoms with Gasteiger partial charge in [-0.05, 0) is 30.5 Å². The minimum atomic E-state index is 0.517. The van der Waals surface area contributed by atoms with Crippen LogP contribution >= 0.6 is 11.6 Å². The van der Waals surface area contributed by atoms with E-state index in [-0.39, 0.29) is 0 Å². The molecular formula is C13H15Cl. The van der Waals surface area contributed by atoms with Crippen molar-refractivity contribution in [3.05, 3.63) is 48.0 Å². The Morgan fingerprint density at radius 1 is 1.21 bits per heavy atom. The lowest BCUT2D eigenvalue weighted by atomic mass is 9.93. The van der Waals surface area contributed by atoms with Crippen molar-refractivity contribution in [1.82, 2.24) is 0 Å². The maximum Gasteiger partial charge on any atom is 0.0480 e. The lowest BCUT2D eigenvalue weighted by molar-refractivity contribution is 1.34. The van der Waals surface area contributed by atoms with Crippen molar-refractivity contribution < 1.29 is 0 Å². The molecule has 1 heteroatoms. The summed E-state index contributed by atoms with van der Waals surface area (Å²) in [4.78, 5) is 0. The number of hydrogen-bond donors (Lipinski definition) is 0. The summed E-state index contributed by atoms with van der Waals surface area (Å²) in [6.45, 7) is 11.9. The van der Waals surface area contributed by atoms with Crippen molar-refractivity contribution in [3.8, 4) is 0 Å². The van der Waals surface area contributed by atoms with Crippen molar-refractivity contribution in [2.24, 2.45) is 0 Å². The number of rotatable bonds is 3. The molecular weight excluding hydrogens is 192 g/mol. The first-order valence-electron chi connectivity index (χ1n) is 4.57. The molecule has 0 saturated carbocycles. The van der Waals surface area contributed by atoms with Crippen LogP contribution in [0.1, 0.15) is 30.5 Å².